The summed E-state index contributed by atoms with van der Waals surface area (Å²) in [5, 5.41) is 11.7. The molecule has 1 aliphatic rings. The second-order valence-corrected chi connectivity index (χ2v) is 5.16. The maximum atomic E-state index is 9.27. The number of thioether (sulfide) groups is 1. The van der Waals surface area contributed by atoms with Crippen molar-refractivity contribution >= 4 is 11.8 Å². The first-order chi connectivity index (χ1) is 7.16. The van der Waals surface area contributed by atoms with Gasteiger partial charge in [-0.1, -0.05) is 42.1 Å². The van der Waals surface area contributed by atoms with Gasteiger partial charge in [-0.15, -0.1) is 0 Å². The van der Waals surface area contributed by atoms with Crippen molar-refractivity contribution in [3.63, 3.8) is 0 Å². The van der Waals surface area contributed by atoms with Gasteiger partial charge in [0.2, 0.25) is 0 Å². The summed E-state index contributed by atoms with van der Waals surface area (Å²) in [5.41, 5.74) is 2.39. The van der Waals surface area contributed by atoms with Crippen LogP contribution in [0.25, 0.3) is 0 Å². The molecule has 0 bridgehead atoms. The first kappa shape index (κ1) is 10.7. The van der Waals surface area contributed by atoms with Crippen molar-refractivity contribution in [2.75, 3.05) is 20.7 Å². The highest BCUT2D eigenvalue weighted by atomic mass is 32.2. The number of aliphatic hydroxyl groups is 1. The Bertz CT molecular complexity index is 372. The van der Waals surface area contributed by atoms with Gasteiger partial charge in [-0.25, -0.2) is 0 Å². The molecule has 0 fully saturated rings. The van der Waals surface area contributed by atoms with Crippen molar-refractivity contribution in [1.82, 2.24) is 0 Å². The van der Waals surface area contributed by atoms with Crippen LogP contribution < -0.4 is 0 Å². The molecule has 2 rings (SSSR count). The Balaban J connectivity index is 2.29. The molecule has 0 aliphatic carbocycles. The standard InChI is InChI=1S/C12H16NOS/c1-13(2)11(8-14)9-15-12(13)10-6-4-3-5-7-10/h3-7,9,12,14H,8H2,1-2H3/q+1. The van der Waals surface area contributed by atoms with Crippen LogP contribution in [-0.2, 0) is 0 Å². The third-order valence-electron chi connectivity index (χ3n) is 2.91. The Kier molecular flexibility index (Phi) is 2.87. The van der Waals surface area contributed by atoms with E-state index in [2.05, 4.69) is 43.8 Å². The molecule has 0 radical (unpaired) electrons. The van der Waals surface area contributed by atoms with Crippen molar-refractivity contribution in [3.05, 3.63) is 47.0 Å². The lowest BCUT2D eigenvalue weighted by atomic mass is 10.2. The Labute approximate surface area is 94.8 Å². The number of hydrogen-bond donors (Lipinski definition) is 1. The number of likely N-dealkylation sites (N-methyl/N-ethyl adjacent to an activating group) is 1. The summed E-state index contributed by atoms with van der Waals surface area (Å²) in [7, 11) is 4.28. The third kappa shape index (κ3) is 1.83. The van der Waals surface area contributed by atoms with Gasteiger partial charge >= 0.3 is 0 Å². The minimum Gasteiger partial charge on any atom is -0.386 e. The van der Waals surface area contributed by atoms with Crippen LogP contribution in [0.3, 0.4) is 0 Å². The molecule has 0 saturated carbocycles. The molecular formula is C12H16NOS+. The minimum atomic E-state index is 0.142. The van der Waals surface area contributed by atoms with E-state index in [9.17, 15) is 5.11 Å². The molecule has 0 aromatic heterocycles. The van der Waals surface area contributed by atoms with E-state index < -0.39 is 0 Å². The summed E-state index contributed by atoms with van der Waals surface area (Å²) in [6, 6.07) is 10.4. The van der Waals surface area contributed by atoms with E-state index in [1.165, 1.54) is 5.56 Å². The molecule has 1 heterocycles. The van der Waals surface area contributed by atoms with E-state index in [-0.39, 0.29) is 6.61 Å². The smallest absolute Gasteiger partial charge is 0.170 e. The quantitative estimate of drug-likeness (QED) is 0.775. The van der Waals surface area contributed by atoms with Crippen molar-refractivity contribution < 1.29 is 9.59 Å². The lowest BCUT2D eigenvalue weighted by molar-refractivity contribution is -0.867. The number of rotatable bonds is 2. The van der Waals surface area contributed by atoms with Crippen LogP contribution in [0, 0.1) is 0 Å². The molecule has 1 atom stereocenters. The zero-order valence-corrected chi connectivity index (χ0v) is 9.87. The average Bonchev–Trinajstić information content (AvgIpc) is 2.54. The summed E-state index contributed by atoms with van der Waals surface area (Å²) < 4.78 is 0.741. The molecule has 0 amide bonds. The summed E-state index contributed by atoms with van der Waals surface area (Å²) in [6.07, 6.45) is 0. The summed E-state index contributed by atoms with van der Waals surface area (Å²) in [6.45, 7) is 0.142. The first-order valence-corrected chi connectivity index (χ1v) is 5.95. The highest BCUT2D eigenvalue weighted by Gasteiger charge is 2.38. The second-order valence-electron chi connectivity index (χ2n) is 4.21. The lowest BCUT2D eigenvalue weighted by Gasteiger charge is -2.32. The Morgan fingerprint density at radius 1 is 1.27 bits per heavy atom. The van der Waals surface area contributed by atoms with Crippen LogP contribution >= 0.6 is 11.8 Å². The summed E-state index contributed by atoms with van der Waals surface area (Å²) in [5.74, 6) is 0. The zero-order valence-electron chi connectivity index (χ0n) is 9.05. The van der Waals surface area contributed by atoms with Crippen molar-refractivity contribution in [3.8, 4) is 0 Å². The van der Waals surface area contributed by atoms with E-state index >= 15 is 0 Å². The van der Waals surface area contributed by atoms with Gasteiger partial charge in [0.05, 0.1) is 14.1 Å². The molecule has 1 N–H and O–H groups in total. The van der Waals surface area contributed by atoms with Gasteiger partial charge in [0.25, 0.3) is 0 Å². The minimum absolute atomic E-state index is 0.142. The van der Waals surface area contributed by atoms with E-state index in [1.807, 2.05) is 6.07 Å². The molecule has 15 heavy (non-hydrogen) atoms. The van der Waals surface area contributed by atoms with Crippen LogP contribution in [0.4, 0.5) is 0 Å². The maximum Gasteiger partial charge on any atom is 0.170 e. The van der Waals surface area contributed by atoms with Gasteiger partial charge in [0.1, 0.15) is 12.3 Å². The zero-order chi connectivity index (χ0) is 10.9. The van der Waals surface area contributed by atoms with Crippen LogP contribution in [0.2, 0.25) is 0 Å². The van der Waals surface area contributed by atoms with Crippen molar-refractivity contribution in [2.24, 2.45) is 0 Å². The normalized spacial score (nSPS) is 23.9. The fraction of sp³-hybridized carbons (Fsp3) is 0.333. The molecule has 1 aromatic carbocycles. The van der Waals surface area contributed by atoms with Gasteiger partial charge in [-0.05, 0) is 0 Å². The first-order valence-electron chi connectivity index (χ1n) is 5.01. The third-order valence-corrected chi connectivity index (χ3v) is 4.37. The number of nitrogens with zero attached hydrogens (tertiary/aromatic N) is 1. The highest BCUT2D eigenvalue weighted by Crippen LogP contribution is 2.45. The predicted molar refractivity (Wildman–Crippen MR) is 64.1 cm³/mol. The van der Waals surface area contributed by atoms with Crippen LogP contribution in [0.5, 0.6) is 0 Å². The number of quaternary nitrogens is 1. The van der Waals surface area contributed by atoms with Crippen LogP contribution in [0.15, 0.2) is 41.4 Å². The highest BCUT2D eigenvalue weighted by molar-refractivity contribution is 8.02. The summed E-state index contributed by atoms with van der Waals surface area (Å²) >= 11 is 1.79. The van der Waals surface area contributed by atoms with E-state index in [0.717, 1.165) is 10.2 Å². The van der Waals surface area contributed by atoms with E-state index in [0.29, 0.717) is 5.37 Å². The fourth-order valence-corrected chi connectivity index (χ4v) is 3.26. The second kappa shape index (κ2) is 4.00. The molecule has 2 nitrogen and oxygen atoms in total. The van der Waals surface area contributed by atoms with Gasteiger partial charge < -0.3 is 5.11 Å². The average molecular weight is 222 g/mol. The molecule has 1 aromatic rings. The molecule has 1 aliphatic heterocycles. The monoisotopic (exact) mass is 222 g/mol. The SMILES string of the molecule is C[N+]1(C)C(CO)=CSC1c1ccccc1. The van der Waals surface area contributed by atoms with Crippen LogP contribution in [0.1, 0.15) is 10.9 Å². The van der Waals surface area contributed by atoms with Gasteiger partial charge in [0, 0.05) is 11.0 Å². The lowest BCUT2D eigenvalue weighted by Crippen LogP contribution is -2.38. The number of benzene rings is 1. The van der Waals surface area contributed by atoms with E-state index in [1.54, 1.807) is 11.8 Å². The maximum absolute atomic E-state index is 9.27. The van der Waals surface area contributed by atoms with Crippen molar-refractivity contribution in [1.29, 1.82) is 0 Å². The Hall–Kier alpha value is -0.770. The largest absolute Gasteiger partial charge is 0.386 e. The fourth-order valence-electron chi connectivity index (χ4n) is 1.87. The molecule has 80 valence electrons. The summed E-state index contributed by atoms with van der Waals surface area (Å²) in [4.78, 5) is 0. The molecule has 0 saturated heterocycles. The molecule has 3 heteroatoms. The topological polar surface area (TPSA) is 20.2 Å². The van der Waals surface area contributed by atoms with Gasteiger partial charge in [-0.2, -0.15) is 0 Å². The molecule has 0 spiro atoms. The molecular weight excluding hydrogens is 206 g/mol. The van der Waals surface area contributed by atoms with E-state index in [4.69, 9.17) is 0 Å². The Morgan fingerprint density at radius 3 is 2.47 bits per heavy atom. The number of aliphatic hydroxyl groups excluding tert-OH is 1. The number of hydrogen-bond acceptors (Lipinski definition) is 2. The van der Waals surface area contributed by atoms with Gasteiger partial charge in [0.15, 0.2) is 5.37 Å². The van der Waals surface area contributed by atoms with Gasteiger partial charge in [-0.3, -0.25) is 4.48 Å². The Morgan fingerprint density at radius 2 is 1.93 bits per heavy atom. The van der Waals surface area contributed by atoms with Crippen molar-refractivity contribution in [2.45, 2.75) is 5.37 Å². The predicted octanol–water partition coefficient (Wildman–Crippen LogP) is 2.34. The van der Waals surface area contributed by atoms with Crippen LogP contribution in [-0.4, -0.2) is 30.3 Å². The molecule has 1 unspecified atom stereocenters.